The number of aromatic nitrogens is 1. The molecule has 2 heterocycles. The zero-order valence-corrected chi connectivity index (χ0v) is 17.8. The van der Waals surface area contributed by atoms with Crippen molar-refractivity contribution in [1.29, 1.82) is 0 Å². The Kier molecular flexibility index (Phi) is 5.78. The highest BCUT2D eigenvalue weighted by atomic mass is 35.5. The fourth-order valence-corrected chi connectivity index (χ4v) is 4.80. The highest BCUT2D eigenvalue weighted by Gasteiger charge is 2.27. The minimum atomic E-state index is -0.105. The molecule has 2 aromatic carbocycles. The molecule has 0 spiro atoms. The molecule has 1 unspecified atom stereocenters. The van der Waals surface area contributed by atoms with Crippen molar-refractivity contribution in [3.8, 4) is 11.5 Å². The minimum absolute atomic E-state index is 0.00119. The van der Waals surface area contributed by atoms with Crippen LogP contribution in [0.25, 0.3) is 10.2 Å². The predicted octanol–water partition coefficient (Wildman–Crippen LogP) is 4.82. The summed E-state index contributed by atoms with van der Waals surface area (Å²) in [5, 5.41) is 4.39. The highest BCUT2D eigenvalue weighted by molar-refractivity contribution is 7.22. The Morgan fingerprint density at radius 3 is 2.86 bits per heavy atom. The second kappa shape index (κ2) is 8.47. The van der Waals surface area contributed by atoms with Gasteiger partial charge in [-0.25, -0.2) is 4.98 Å². The molecule has 6 nitrogen and oxygen atoms in total. The van der Waals surface area contributed by atoms with Crippen LogP contribution in [0.5, 0.6) is 11.5 Å². The lowest BCUT2D eigenvalue weighted by Crippen LogP contribution is -2.40. The van der Waals surface area contributed by atoms with E-state index in [1.165, 1.54) is 0 Å². The number of nitrogens with zero attached hydrogens (tertiary/aromatic N) is 2. The molecule has 3 aromatic rings. The van der Waals surface area contributed by atoms with E-state index in [0.29, 0.717) is 23.0 Å². The third kappa shape index (κ3) is 4.26. The number of halogens is 1. The van der Waals surface area contributed by atoms with Crippen LogP contribution in [0.4, 0.5) is 10.8 Å². The zero-order valence-electron chi connectivity index (χ0n) is 16.3. The number of fused-ring (bicyclic) bond motifs is 1. The summed E-state index contributed by atoms with van der Waals surface area (Å²) >= 11 is 7.79. The third-order valence-electron chi connectivity index (χ3n) is 5.07. The SMILES string of the molecule is COc1ccc2nc(N3CCCC(C(=O)Nc4ccc(OC)c(Cl)c4)C3)sc2c1. The lowest BCUT2D eigenvalue weighted by Gasteiger charge is -2.31. The van der Waals surface area contributed by atoms with E-state index in [4.69, 9.17) is 26.1 Å². The van der Waals surface area contributed by atoms with Gasteiger partial charge in [0.2, 0.25) is 5.91 Å². The largest absolute Gasteiger partial charge is 0.497 e. The first kappa shape index (κ1) is 19.8. The summed E-state index contributed by atoms with van der Waals surface area (Å²) in [5.74, 6) is 1.30. The van der Waals surface area contributed by atoms with Crippen molar-refractivity contribution in [2.75, 3.05) is 37.5 Å². The first-order valence-corrected chi connectivity index (χ1v) is 10.6. The van der Waals surface area contributed by atoms with Gasteiger partial charge in [0, 0.05) is 18.8 Å². The molecular weight excluding hydrogens is 410 g/mol. The molecule has 0 radical (unpaired) electrons. The highest BCUT2D eigenvalue weighted by Crippen LogP contribution is 2.34. The Labute approximate surface area is 178 Å². The molecule has 1 N–H and O–H groups in total. The van der Waals surface area contributed by atoms with Crippen molar-refractivity contribution in [2.24, 2.45) is 5.92 Å². The van der Waals surface area contributed by atoms with Crippen LogP contribution in [0.2, 0.25) is 5.02 Å². The number of anilines is 2. The number of carbonyl (C=O) groups is 1. The number of amides is 1. The van der Waals surface area contributed by atoms with E-state index in [2.05, 4.69) is 10.2 Å². The molecule has 1 amide bonds. The van der Waals surface area contributed by atoms with Crippen molar-refractivity contribution < 1.29 is 14.3 Å². The normalized spacial score (nSPS) is 16.7. The number of hydrogen-bond acceptors (Lipinski definition) is 6. The van der Waals surface area contributed by atoms with Gasteiger partial charge in [-0.1, -0.05) is 22.9 Å². The van der Waals surface area contributed by atoms with Crippen LogP contribution >= 0.6 is 22.9 Å². The van der Waals surface area contributed by atoms with Gasteiger partial charge in [-0.2, -0.15) is 0 Å². The summed E-state index contributed by atoms with van der Waals surface area (Å²) in [6.45, 7) is 1.54. The van der Waals surface area contributed by atoms with Crippen molar-refractivity contribution in [3.63, 3.8) is 0 Å². The molecule has 29 heavy (non-hydrogen) atoms. The van der Waals surface area contributed by atoms with Gasteiger partial charge >= 0.3 is 0 Å². The van der Waals surface area contributed by atoms with Crippen molar-refractivity contribution >= 4 is 49.9 Å². The van der Waals surface area contributed by atoms with E-state index in [9.17, 15) is 4.79 Å². The molecule has 1 aliphatic heterocycles. The van der Waals surface area contributed by atoms with E-state index >= 15 is 0 Å². The van der Waals surface area contributed by atoms with E-state index in [-0.39, 0.29) is 11.8 Å². The van der Waals surface area contributed by atoms with Gasteiger partial charge in [0.15, 0.2) is 5.13 Å². The van der Waals surface area contributed by atoms with Gasteiger partial charge in [-0.15, -0.1) is 0 Å². The maximum Gasteiger partial charge on any atom is 0.229 e. The Balaban J connectivity index is 1.46. The molecule has 0 bridgehead atoms. The zero-order chi connectivity index (χ0) is 20.4. The molecule has 152 valence electrons. The average molecular weight is 432 g/mol. The lowest BCUT2D eigenvalue weighted by molar-refractivity contribution is -0.120. The molecule has 1 fully saturated rings. The van der Waals surface area contributed by atoms with Crippen LogP contribution in [-0.4, -0.2) is 38.2 Å². The number of carbonyl (C=O) groups excluding carboxylic acids is 1. The standard InChI is InChI=1S/C21H22ClN3O3S/c1-27-15-6-7-17-19(11-15)29-21(24-17)25-9-3-4-13(12-25)20(26)23-14-5-8-18(28-2)16(22)10-14/h5-8,10-11,13H,3-4,9,12H2,1-2H3,(H,23,26). The van der Waals surface area contributed by atoms with Crippen molar-refractivity contribution in [1.82, 2.24) is 4.98 Å². The summed E-state index contributed by atoms with van der Waals surface area (Å²) in [7, 11) is 3.22. The van der Waals surface area contributed by atoms with Gasteiger partial charge in [0.05, 0.1) is 35.4 Å². The molecule has 1 atom stereocenters. The molecule has 1 saturated heterocycles. The second-order valence-corrected chi connectivity index (χ2v) is 8.37. The fourth-order valence-electron chi connectivity index (χ4n) is 3.51. The maximum atomic E-state index is 12.8. The van der Waals surface area contributed by atoms with Gasteiger partial charge in [-0.3, -0.25) is 4.79 Å². The number of rotatable bonds is 5. The summed E-state index contributed by atoms with van der Waals surface area (Å²) in [5.41, 5.74) is 1.62. The maximum absolute atomic E-state index is 12.8. The summed E-state index contributed by atoms with van der Waals surface area (Å²) < 4.78 is 11.5. The van der Waals surface area contributed by atoms with Crippen LogP contribution in [-0.2, 0) is 4.79 Å². The number of ether oxygens (including phenoxy) is 2. The average Bonchev–Trinajstić information content (AvgIpc) is 3.17. The third-order valence-corrected chi connectivity index (χ3v) is 6.44. The van der Waals surface area contributed by atoms with Crippen molar-refractivity contribution in [3.05, 3.63) is 41.4 Å². The quantitative estimate of drug-likeness (QED) is 0.627. The van der Waals surface area contributed by atoms with Crippen LogP contribution in [0.3, 0.4) is 0 Å². The van der Waals surface area contributed by atoms with Crippen LogP contribution < -0.4 is 19.7 Å². The lowest BCUT2D eigenvalue weighted by atomic mass is 9.97. The molecule has 1 aliphatic rings. The van der Waals surface area contributed by atoms with E-state index < -0.39 is 0 Å². The van der Waals surface area contributed by atoms with Crippen molar-refractivity contribution in [2.45, 2.75) is 12.8 Å². The fraction of sp³-hybridized carbons (Fsp3) is 0.333. The number of nitrogens with one attached hydrogen (secondary N) is 1. The number of hydrogen-bond donors (Lipinski definition) is 1. The smallest absolute Gasteiger partial charge is 0.229 e. The molecule has 0 aliphatic carbocycles. The van der Waals surface area contributed by atoms with E-state index in [1.54, 1.807) is 43.8 Å². The van der Waals surface area contributed by atoms with Gasteiger partial charge in [-0.05, 0) is 49.2 Å². The van der Waals surface area contributed by atoms with Crippen LogP contribution in [0.1, 0.15) is 12.8 Å². The monoisotopic (exact) mass is 431 g/mol. The minimum Gasteiger partial charge on any atom is -0.497 e. The first-order valence-electron chi connectivity index (χ1n) is 9.41. The molecule has 8 heteroatoms. The molecular formula is C21H22ClN3O3S. The topological polar surface area (TPSA) is 63.7 Å². The predicted molar refractivity (Wildman–Crippen MR) is 118 cm³/mol. The van der Waals surface area contributed by atoms with Gasteiger partial charge < -0.3 is 19.7 Å². The summed E-state index contributed by atoms with van der Waals surface area (Å²) in [4.78, 5) is 19.8. The van der Waals surface area contributed by atoms with Gasteiger partial charge in [0.1, 0.15) is 11.5 Å². The molecule has 1 aromatic heterocycles. The Hall–Kier alpha value is -2.51. The van der Waals surface area contributed by atoms with E-state index in [0.717, 1.165) is 40.5 Å². The summed E-state index contributed by atoms with van der Waals surface area (Å²) in [6, 6.07) is 11.1. The van der Waals surface area contributed by atoms with Crippen LogP contribution in [0.15, 0.2) is 36.4 Å². The van der Waals surface area contributed by atoms with E-state index in [1.807, 2.05) is 18.2 Å². The first-order chi connectivity index (χ1) is 14.1. The Morgan fingerprint density at radius 2 is 2.10 bits per heavy atom. The van der Waals surface area contributed by atoms with Crippen LogP contribution in [0, 0.1) is 5.92 Å². The number of piperidine rings is 1. The second-order valence-electron chi connectivity index (χ2n) is 6.95. The number of methoxy groups -OCH3 is 2. The van der Waals surface area contributed by atoms with Gasteiger partial charge in [0.25, 0.3) is 0 Å². The Bertz CT molecular complexity index is 1040. The molecule has 0 saturated carbocycles. The number of benzene rings is 2. The Morgan fingerprint density at radius 1 is 1.24 bits per heavy atom. The number of thiazole rings is 1. The summed E-state index contributed by atoms with van der Waals surface area (Å²) in [6.07, 6.45) is 1.80. The molecule has 4 rings (SSSR count).